The second kappa shape index (κ2) is 3.62. The minimum atomic E-state index is -1.15. The molecular formula is C8H10N4O3. The Morgan fingerprint density at radius 2 is 2.07 bits per heavy atom. The Labute approximate surface area is 84.7 Å². The molecule has 0 aliphatic heterocycles. The molecule has 0 unspecified atom stereocenters. The van der Waals surface area contributed by atoms with Crippen molar-refractivity contribution in [1.29, 1.82) is 0 Å². The van der Waals surface area contributed by atoms with Gasteiger partial charge in [-0.2, -0.15) is 4.98 Å². The van der Waals surface area contributed by atoms with Crippen molar-refractivity contribution in [3.8, 4) is 0 Å². The summed E-state index contributed by atoms with van der Waals surface area (Å²) in [5.74, 6) is -1.06. The zero-order chi connectivity index (χ0) is 10.3. The van der Waals surface area contributed by atoms with Crippen molar-refractivity contribution >= 4 is 11.7 Å². The van der Waals surface area contributed by atoms with E-state index in [-0.39, 0.29) is 11.3 Å². The molecule has 7 nitrogen and oxygen atoms in total. The number of nitrogens with zero attached hydrogens (tertiary/aromatic N) is 4. The van der Waals surface area contributed by atoms with Crippen molar-refractivity contribution in [2.75, 3.05) is 0 Å². The zero-order valence-electron chi connectivity index (χ0n) is 8.22. The molecule has 0 aliphatic rings. The molecule has 2 aromatic heterocycles. The highest BCUT2D eigenvalue weighted by Gasteiger charge is 2.12. The number of hydrogen-bond donors (Lipinski definition) is 1. The highest BCUT2D eigenvalue weighted by Crippen LogP contribution is 2.04. The van der Waals surface area contributed by atoms with Crippen molar-refractivity contribution in [2.45, 2.75) is 13.8 Å². The van der Waals surface area contributed by atoms with Crippen LogP contribution in [0.5, 0.6) is 0 Å². The van der Waals surface area contributed by atoms with E-state index in [2.05, 4.69) is 15.1 Å². The van der Waals surface area contributed by atoms with E-state index in [1.54, 1.807) is 0 Å². The number of rotatable bonds is 1. The number of aromatic nitrogens is 4. The fourth-order valence-electron chi connectivity index (χ4n) is 1.26. The molecular weight excluding hydrogens is 200 g/mol. The molecule has 15 heavy (non-hydrogen) atoms. The summed E-state index contributed by atoms with van der Waals surface area (Å²) in [6.45, 7) is 3.64. The van der Waals surface area contributed by atoms with E-state index in [0.29, 0.717) is 5.78 Å². The van der Waals surface area contributed by atoms with E-state index >= 15 is 0 Å². The van der Waals surface area contributed by atoms with Gasteiger partial charge in [-0.15, -0.1) is 5.10 Å². The lowest BCUT2D eigenvalue weighted by atomic mass is 10.4. The first kappa shape index (κ1) is 11.1. The summed E-state index contributed by atoms with van der Waals surface area (Å²) in [5, 5.41) is 12.5. The van der Waals surface area contributed by atoms with Gasteiger partial charge in [0.25, 0.3) is 11.6 Å². The Morgan fingerprint density at radius 3 is 2.67 bits per heavy atom. The molecule has 80 valence electrons. The molecule has 0 saturated heterocycles. The average molecular weight is 210 g/mol. The normalized spacial score (nSPS) is 10.0. The minimum absolute atomic E-state index is 0. The summed E-state index contributed by atoms with van der Waals surface area (Å²) >= 11 is 0. The summed E-state index contributed by atoms with van der Waals surface area (Å²) in [4.78, 5) is 18.4. The number of carbonyl (C=O) groups is 1. The molecule has 2 rings (SSSR count). The van der Waals surface area contributed by atoms with Gasteiger partial charge >= 0.3 is 5.97 Å². The van der Waals surface area contributed by atoms with Crippen molar-refractivity contribution in [2.24, 2.45) is 0 Å². The van der Waals surface area contributed by atoms with Crippen LogP contribution in [0.1, 0.15) is 22.0 Å². The maximum absolute atomic E-state index is 10.6. The van der Waals surface area contributed by atoms with Crippen molar-refractivity contribution in [3.63, 3.8) is 0 Å². The van der Waals surface area contributed by atoms with Gasteiger partial charge in [0.2, 0.25) is 0 Å². The number of fused-ring (bicyclic) bond motifs is 1. The predicted octanol–water partition coefficient (Wildman–Crippen LogP) is -0.385. The first-order chi connectivity index (χ1) is 6.58. The number of hydrogen-bond acceptors (Lipinski definition) is 4. The molecule has 7 heteroatoms. The molecule has 0 amide bonds. The fraction of sp³-hybridized carbons (Fsp3) is 0.250. The highest BCUT2D eigenvalue weighted by molar-refractivity contribution is 5.83. The first-order valence-electron chi connectivity index (χ1n) is 4.02. The first-order valence-corrected chi connectivity index (χ1v) is 4.02. The van der Waals surface area contributed by atoms with Gasteiger partial charge in [-0.05, 0) is 19.9 Å². The van der Waals surface area contributed by atoms with E-state index in [1.807, 2.05) is 19.9 Å². The smallest absolute Gasteiger partial charge is 0.375 e. The molecule has 0 radical (unpaired) electrons. The van der Waals surface area contributed by atoms with Crippen LogP contribution in [0.25, 0.3) is 5.78 Å². The second-order valence-electron chi connectivity index (χ2n) is 2.99. The SMILES string of the molecule is Cc1cc(C)n2nc(C(=O)O)nc2n1.O. The predicted molar refractivity (Wildman–Crippen MR) is 50.8 cm³/mol. The zero-order valence-corrected chi connectivity index (χ0v) is 8.22. The van der Waals surface area contributed by atoms with Gasteiger partial charge < -0.3 is 10.6 Å². The van der Waals surface area contributed by atoms with E-state index in [4.69, 9.17) is 5.11 Å². The molecule has 2 heterocycles. The molecule has 0 aromatic carbocycles. The van der Waals surface area contributed by atoms with Gasteiger partial charge in [0.05, 0.1) is 0 Å². The van der Waals surface area contributed by atoms with Crippen LogP contribution < -0.4 is 0 Å². The quantitative estimate of drug-likeness (QED) is 0.689. The Kier molecular flexibility index (Phi) is 2.67. The molecule has 0 atom stereocenters. The lowest BCUT2D eigenvalue weighted by Crippen LogP contribution is -2.00. The van der Waals surface area contributed by atoms with Crippen LogP contribution >= 0.6 is 0 Å². The van der Waals surface area contributed by atoms with Gasteiger partial charge in [0.15, 0.2) is 0 Å². The molecule has 0 fully saturated rings. The highest BCUT2D eigenvalue weighted by atomic mass is 16.4. The van der Waals surface area contributed by atoms with Crippen LogP contribution in [0.3, 0.4) is 0 Å². The van der Waals surface area contributed by atoms with Gasteiger partial charge in [-0.3, -0.25) is 0 Å². The van der Waals surface area contributed by atoms with Crippen molar-refractivity contribution < 1.29 is 15.4 Å². The van der Waals surface area contributed by atoms with Crippen LogP contribution in [0.2, 0.25) is 0 Å². The number of aryl methyl sites for hydroxylation is 2. The number of carboxylic acid groups (broad SMARTS) is 1. The monoisotopic (exact) mass is 210 g/mol. The van der Waals surface area contributed by atoms with Crippen LogP contribution in [0, 0.1) is 13.8 Å². The fourth-order valence-corrected chi connectivity index (χ4v) is 1.26. The lowest BCUT2D eigenvalue weighted by molar-refractivity contribution is 0.0684. The van der Waals surface area contributed by atoms with E-state index in [1.165, 1.54) is 4.52 Å². The molecule has 0 spiro atoms. The Balaban J connectivity index is 0.00000112. The van der Waals surface area contributed by atoms with Crippen LogP contribution in [0.15, 0.2) is 6.07 Å². The number of aromatic carboxylic acids is 1. The lowest BCUT2D eigenvalue weighted by Gasteiger charge is -1.97. The second-order valence-corrected chi connectivity index (χ2v) is 2.99. The largest absolute Gasteiger partial charge is 0.475 e. The summed E-state index contributed by atoms with van der Waals surface area (Å²) in [6, 6.07) is 1.81. The summed E-state index contributed by atoms with van der Waals surface area (Å²) in [6.07, 6.45) is 0. The molecule has 0 aliphatic carbocycles. The topological polar surface area (TPSA) is 112 Å². The van der Waals surface area contributed by atoms with Crippen LogP contribution in [-0.4, -0.2) is 36.1 Å². The van der Waals surface area contributed by atoms with E-state index in [9.17, 15) is 4.79 Å². The van der Waals surface area contributed by atoms with Gasteiger partial charge in [0.1, 0.15) is 0 Å². The van der Waals surface area contributed by atoms with E-state index < -0.39 is 5.97 Å². The molecule has 3 N–H and O–H groups in total. The van der Waals surface area contributed by atoms with Gasteiger partial charge in [0, 0.05) is 11.4 Å². The third-order valence-corrected chi connectivity index (χ3v) is 1.81. The maximum Gasteiger partial charge on any atom is 0.375 e. The van der Waals surface area contributed by atoms with Crippen LogP contribution in [0.4, 0.5) is 0 Å². The summed E-state index contributed by atoms with van der Waals surface area (Å²) in [7, 11) is 0. The Bertz CT molecular complexity index is 520. The molecule has 0 saturated carbocycles. The standard InChI is InChI=1S/C8H8N4O2.H2O/c1-4-3-5(2)12-8(9-4)10-6(11-12)7(13)14;/h3H,1-2H3,(H,13,14);1H2. The van der Waals surface area contributed by atoms with Crippen LogP contribution in [-0.2, 0) is 0 Å². The van der Waals surface area contributed by atoms with Crippen molar-refractivity contribution in [1.82, 2.24) is 19.6 Å². The van der Waals surface area contributed by atoms with Gasteiger partial charge in [-0.1, -0.05) is 0 Å². The third kappa shape index (κ3) is 1.77. The third-order valence-electron chi connectivity index (χ3n) is 1.81. The summed E-state index contributed by atoms with van der Waals surface area (Å²) < 4.78 is 1.41. The average Bonchev–Trinajstić information content (AvgIpc) is 2.47. The maximum atomic E-state index is 10.6. The Morgan fingerprint density at radius 1 is 1.40 bits per heavy atom. The molecule has 0 bridgehead atoms. The molecule has 2 aromatic rings. The van der Waals surface area contributed by atoms with Gasteiger partial charge in [-0.25, -0.2) is 14.3 Å². The minimum Gasteiger partial charge on any atom is -0.475 e. The van der Waals surface area contributed by atoms with E-state index in [0.717, 1.165) is 11.4 Å². The Hall–Kier alpha value is -2.02. The number of carboxylic acids is 1. The summed E-state index contributed by atoms with van der Waals surface area (Å²) in [5.41, 5.74) is 1.60. The van der Waals surface area contributed by atoms with Crippen molar-refractivity contribution in [3.05, 3.63) is 23.3 Å².